The van der Waals surface area contributed by atoms with Crippen molar-refractivity contribution in [3.8, 4) is 5.75 Å². The van der Waals surface area contributed by atoms with E-state index in [0.29, 0.717) is 5.92 Å². The van der Waals surface area contributed by atoms with Crippen LogP contribution in [0.2, 0.25) is 0 Å². The summed E-state index contributed by atoms with van der Waals surface area (Å²) in [7, 11) is 0. The van der Waals surface area contributed by atoms with Gasteiger partial charge in [0.25, 0.3) is 5.91 Å². The first kappa shape index (κ1) is 13.5. The minimum absolute atomic E-state index is 0.332. The predicted octanol–water partition coefficient (Wildman–Crippen LogP) is 1.88. The lowest BCUT2D eigenvalue weighted by atomic mass is 10.0. The van der Waals surface area contributed by atoms with Gasteiger partial charge >= 0.3 is 0 Å². The Morgan fingerprint density at radius 1 is 1.35 bits per heavy atom. The third kappa shape index (κ3) is 3.46. The van der Waals surface area contributed by atoms with Crippen molar-refractivity contribution in [1.29, 1.82) is 0 Å². The number of hydrogen-bond donors (Lipinski definition) is 2. The minimum atomic E-state index is -0.598. The standard InChI is InChI=1S/C13H20N2O2/c1-8(2)11-6-5-9(3)7-12(11)17-10(4)13(16)15-14/h5-8,10H,14H2,1-4H3,(H,15,16)/t10-/m1/s1. The molecule has 0 aliphatic carbocycles. The molecule has 4 heteroatoms. The van der Waals surface area contributed by atoms with Gasteiger partial charge in [0.15, 0.2) is 6.10 Å². The van der Waals surface area contributed by atoms with Crippen LogP contribution in [-0.2, 0) is 4.79 Å². The number of amides is 1. The van der Waals surface area contributed by atoms with E-state index in [0.717, 1.165) is 16.9 Å². The Labute approximate surface area is 102 Å². The van der Waals surface area contributed by atoms with Gasteiger partial charge in [-0.15, -0.1) is 0 Å². The number of hydrogen-bond acceptors (Lipinski definition) is 3. The summed E-state index contributed by atoms with van der Waals surface area (Å²) in [6, 6.07) is 6.01. The summed E-state index contributed by atoms with van der Waals surface area (Å²) in [5.41, 5.74) is 4.28. The number of carbonyl (C=O) groups is 1. The molecule has 0 unspecified atom stereocenters. The SMILES string of the molecule is Cc1ccc(C(C)C)c(O[C@H](C)C(=O)NN)c1. The summed E-state index contributed by atoms with van der Waals surface area (Å²) in [5, 5.41) is 0. The molecule has 4 nitrogen and oxygen atoms in total. The number of carbonyl (C=O) groups excluding carboxylic acids is 1. The van der Waals surface area contributed by atoms with Crippen LogP contribution in [0.4, 0.5) is 0 Å². The number of nitrogens with one attached hydrogen (secondary N) is 1. The summed E-state index contributed by atoms with van der Waals surface area (Å²) in [5.74, 6) is 5.84. The lowest BCUT2D eigenvalue weighted by Crippen LogP contribution is -2.40. The molecule has 94 valence electrons. The van der Waals surface area contributed by atoms with Gasteiger partial charge in [-0.05, 0) is 37.0 Å². The van der Waals surface area contributed by atoms with E-state index >= 15 is 0 Å². The van der Waals surface area contributed by atoms with E-state index in [1.807, 2.05) is 25.1 Å². The molecule has 1 atom stereocenters. The highest BCUT2D eigenvalue weighted by Crippen LogP contribution is 2.28. The summed E-state index contributed by atoms with van der Waals surface area (Å²) in [4.78, 5) is 11.3. The fourth-order valence-electron chi connectivity index (χ4n) is 1.58. The van der Waals surface area contributed by atoms with Crippen molar-refractivity contribution in [2.45, 2.75) is 39.7 Å². The summed E-state index contributed by atoms with van der Waals surface area (Å²) >= 11 is 0. The van der Waals surface area contributed by atoms with Crippen molar-refractivity contribution >= 4 is 5.91 Å². The van der Waals surface area contributed by atoms with Crippen LogP contribution in [0.3, 0.4) is 0 Å². The molecule has 0 bridgehead atoms. The van der Waals surface area contributed by atoms with Gasteiger partial charge in [-0.2, -0.15) is 0 Å². The maximum absolute atomic E-state index is 11.3. The molecule has 1 aromatic carbocycles. The molecule has 0 spiro atoms. The van der Waals surface area contributed by atoms with Gasteiger partial charge in [0.1, 0.15) is 5.75 Å². The Balaban J connectivity index is 2.96. The quantitative estimate of drug-likeness (QED) is 0.476. The number of benzene rings is 1. The van der Waals surface area contributed by atoms with Crippen LogP contribution in [0, 0.1) is 6.92 Å². The second kappa shape index (κ2) is 5.68. The zero-order valence-electron chi connectivity index (χ0n) is 10.8. The molecule has 0 heterocycles. The van der Waals surface area contributed by atoms with E-state index in [2.05, 4.69) is 19.3 Å². The van der Waals surface area contributed by atoms with Crippen molar-refractivity contribution in [2.24, 2.45) is 5.84 Å². The number of aryl methyl sites for hydroxylation is 1. The maximum Gasteiger partial charge on any atom is 0.274 e. The first-order valence-corrected chi connectivity index (χ1v) is 5.73. The van der Waals surface area contributed by atoms with Crippen molar-refractivity contribution in [3.05, 3.63) is 29.3 Å². The van der Waals surface area contributed by atoms with Crippen molar-refractivity contribution in [1.82, 2.24) is 5.43 Å². The molecular formula is C13H20N2O2. The summed E-state index contributed by atoms with van der Waals surface area (Å²) < 4.78 is 5.65. The molecule has 3 N–H and O–H groups in total. The number of nitrogens with two attached hydrogens (primary N) is 1. The maximum atomic E-state index is 11.3. The molecule has 0 aliphatic rings. The second-order valence-electron chi connectivity index (χ2n) is 4.46. The Morgan fingerprint density at radius 3 is 2.53 bits per heavy atom. The van der Waals surface area contributed by atoms with Gasteiger partial charge in [0, 0.05) is 0 Å². The van der Waals surface area contributed by atoms with Crippen LogP contribution in [0.1, 0.15) is 37.8 Å². The molecule has 1 amide bonds. The molecule has 0 saturated carbocycles. The van der Waals surface area contributed by atoms with E-state index in [9.17, 15) is 4.79 Å². The molecule has 0 saturated heterocycles. The highest BCUT2D eigenvalue weighted by atomic mass is 16.5. The van der Waals surface area contributed by atoms with Crippen molar-refractivity contribution in [2.75, 3.05) is 0 Å². The molecule has 1 aromatic rings. The van der Waals surface area contributed by atoms with Gasteiger partial charge in [0.05, 0.1) is 0 Å². The molecule has 1 rings (SSSR count). The van der Waals surface area contributed by atoms with E-state index in [1.54, 1.807) is 6.92 Å². The van der Waals surface area contributed by atoms with Gasteiger partial charge in [-0.25, -0.2) is 5.84 Å². The van der Waals surface area contributed by atoms with Gasteiger partial charge in [-0.3, -0.25) is 10.2 Å². The first-order valence-electron chi connectivity index (χ1n) is 5.73. The monoisotopic (exact) mass is 236 g/mol. The van der Waals surface area contributed by atoms with Crippen LogP contribution in [0.5, 0.6) is 5.75 Å². The molecule has 0 aromatic heterocycles. The van der Waals surface area contributed by atoms with Crippen molar-refractivity contribution < 1.29 is 9.53 Å². The lowest BCUT2D eigenvalue weighted by Gasteiger charge is -2.18. The Hall–Kier alpha value is -1.55. The Kier molecular flexibility index (Phi) is 4.52. The van der Waals surface area contributed by atoms with E-state index in [1.165, 1.54) is 0 Å². The van der Waals surface area contributed by atoms with Crippen LogP contribution in [0.15, 0.2) is 18.2 Å². The Morgan fingerprint density at radius 2 is 2.00 bits per heavy atom. The van der Waals surface area contributed by atoms with Gasteiger partial charge in [-0.1, -0.05) is 26.0 Å². The fraction of sp³-hybridized carbons (Fsp3) is 0.462. The number of hydrazine groups is 1. The highest BCUT2D eigenvalue weighted by Gasteiger charge is 2.16. The summed E-state index contributed by atoms with van der Waals surface area (Å²) in [6.45, 7) is 7.84. The number of rotatable bonds is 4. The molecule has 0 aliphatic heterocycles. The average molecular weight is 236 g/mol. The molecular weight excluding hydrogens is 216 g/mol. The summed E-state index contributed by atoms with van der Waals surface area (Å²) in [6.07, 6.45) is -0.598. The fourth-order valence-corrected chi connectivity index (χ4v) is 1.58. The van der Waals surface area contributed by atoms with Crippen molar-refractivity contribution in [3.63, 3.8) is 0 Å². The van der Waals surface area contributed by atoms with Crippen LogP contribution in [-0.4, -0.2) is 12.0 Å². The molecule has 0 radical (unpaired) electrons. The zero-order valence-corrected chi connectivity index (χ0v) is 10.8. The van der Waals surface area contributed by atoms with E-state index in [4.69, 9.17) is 10.6 Å². The minimum Gasteiger partial charge on any atom is -0.481 e. The van der Waals surface area contributed by atoms with Gasteiger partial charge < -0.3 is 4.74 Å². The highest BCUT2D eigenvalue weighted by molar-refractivity contribution is 5.80. The van der Waals surface area contributed by atoms with Gasteiger partial charge in [0.2, 0.25) is 0 Å². The van der Waals surface area contributed by atoms with Crippen LogP contribution < -0.4 is 16.0 Å². The first-order chi connectivity index (χ1) is 7.95. The molecule has 0 fully saturated rings. The van der Waals surface area contributed by atoms with Crippen LogP contribution in [0.25, 0.3) is 0 Å². The normalized spacial score (nSPS) is 12.4. The smallest absolute Gasteiger partial charge is 0.274 e. The third-order valence-electron chi connectivity index (χ3n) is 2.61. The predicted molar refractivity (Wildman–Crippen MR) is 67.7 cm³/mol. The zero-order chi connectivity index (χ0) is 13.0. The largest absolute Gasteiger partial charge is 0.481 e. The van der Waals surface area contributed by atoms with Crippen LogP contribution >= 0.6 is 0 Å². The third-order valence-corrected chi connectivity index (χ3v) is 2.61. The Bertz CT molecular complexity index is 402. The lowest BCUT2D eigenvalue weighted by molar-refractivity contribution is -0.127. The molecule has 17 heavy (non-hydrogen) atoms. The second-order valence-corrected chi connectivity index (χ2v) is 4.46. The van der Waals surface area contributed by atoms with E-state index in [-0.39, 0.29) is 5.91 Å². The average Bonchev–Trinajstić information content (AvgIpc) is 2.27. The number of ether oxygens (including phenoxy) is 1. The topological polar surface area (TPSA) is 64.3 Å². The van der Waals surface area contributed by atoms with E-state index < -0.39 is 6.10 Å².